The van der Waals surface area contributed by atoms with Gasteiger partial charge in [-0.25, -0.2) is 4.98 Å². The molecule has 0 bridgehead atoms. The summed E-state index contributed by atoms with van der Waals surface area (Å²) in [4.78, 5) is 9.81. The topological polar surface area (TPSA) is 33.5 Å². The first-order valence-electron chi connectivity index (χ1n) is 25.9. The van der Waals surface area contributed by atoms with Gasteiger partial charge in [-0.15, -0.1) is 0 Å². The van der Waals surface area contributed by atoms with E-state index >= 15 is 0 Å². The number of para-hydroxylation sites is 3. The highest BCUT2D eigenvalue weighted by Gasteiger charge is 2.41. The highest BCUT2D eigenvalue weighted by molar-refractivity contribution is 6.09. The Hall–Kier alpha value is -8.67. The molecule has 11 aromatic rings. The molecule has 72 heavy (non-hydrogen) atoms. The van der Waals surface area contributed by atoms with Crippen LogP contribution in [-0.2, 0) is 11.8 Å². The van der Waals surface area contributed by atoms with Crippen molar-refractivity contribution < 1.29 is 7.48 Å². The number of pyridine rings is 1. The Balaban J connectivity index is 0.886. The van der Waals surface area contributed by atoms with Crippen molar-refractivity contribution in [1.82, 2.24) is 9.55 Å². The lowest BCUT2D eigenvalue weighted by molar-refractivity contribution is 0.411. The molecule has 1 aliphatic heterocycles. The monoisotopic (exact) mass is 932 g/mol. The van der Waals surface area contributed by atoms with Gasteiger partial charge in [-0.1, -0.05) is 166 Å². The summed E-state index contributed by atoms with van der Waals surface area (Å²) in [6.45, 7) is 8.79. The molecule has 1 aliphatic carbocycles. The van der Waals surface area contributed by atoms with Gasteiger partial charge in [0.15, 0.2) is 0 Å². The van der Waals surface area contributed by atoms with E-state index < -0.39 is 11.8 Å². The Morgan fingerprint density at radius 1 is 0.528 bits per heavy atom. The lowest BCUT2D eigenvalue weighted by atomic mass is 9.74. The van der Waals surface area contributed by atoms with E-state index in [2.05, 4.69) is 228 Å². The third-order valence-electron chi connectivity index (χ3n) is 14.6. The first-order valence-corrected chi connectivity index (χ1v) is 24.9. The number of rotatable bonds is 9. The van der Waals surface area contributed by atoms with Crippen LogP contribution in [0.3, 0.4) is 0 Å². The van der Waals surface area contributed by atoms with E-state index in [4.69, 9.17) is 9.72 Å². The molecule has 0 fully saturated rings. The number of anilines is 4. The van der Waals surface area contributed by atoms with Crippen molar-refractivity contribution in [2.24, 2.45) is 5.41 Å². The van der Waals surface area contributed by atoms with Crippen LogP contribution in [0.4, 0.5) is 22.7 Å². The molecule has 0 unspecified atom stereocenters. The van der Waals surface area contributed by atoms with E-state index in [9.17, 15) is 2.74 Å². The highest BCUT2D eigenvalue weighted by Crippen LogP contribution is 2.54. The van der Waals surface area contributed by atoms with Crippen LogP contribution in [0.5, 0.6) is 11.5 Å². The molecule has 0 atom stereocenters. The summed E-state index contributed by atoms with van der Waals surface area (Å²) in [6, 6.07) is 78.9. The van der Waals surface area contributed by atoms with Crippen molar-refractivity contribution in [2.75, 3.05) is 16.5 Å². The minimum absolute atomic E-state index is 0.363. The number of benzene rings is 9. The quantitative estimate of drug-likeness (QED) is 0.144. The Bertz CT molecular complexity index is 3860. The van der Waals surface area contributed by atoms with E-state index in [1.165, 1.54) is 27.8 Å². The van der Waals surface area contributed by atoms with Crippen LogP contribution in [0.2, 0.25) is 0 Å². The van der Waals surface area contributed by atoms with Crippen molar-refractivity contribution in [3.63, 3.8) is 0 Å². The molecule has 2 aliphatic rings. The summed E-state index contributed by atoms with van der Waals surface area (Å²) in [5, 5.41) is 2.27. The van der Waals surface area contributed by atoms with Crippen molar-refractivity contribution in [2.45, 2.75) is 39.5 Å². The molecule has 13 rings (SSSR count). The smallest absolute Gasteiger partial charge is 0.137 e. The van der Waals surface area contributed by atoms with Gasteiger partial charge in [0, 0.05) is 54.1 Å². The molecule has 9 aromatic carbocycles. The zero-order chi connectivity index (χ0) is 50.3. The van der Waals surface area contributed by atoms with Crippen molar-refractivity contribution in [1.29, 1.82) is 0 Å². The van der Waals surface area contributed by atoms with Crippen LogP contribution in [0, 0.1) is 5.41 Å². The van der Waals surface area contributed by atoms with E-state index in [0.29, 0.717) is 12.2 Å². The SMILES string of the molecule is [2H]C([2H])(c1cc(-c2ccccc2)c(N2CN(c3cccc(Oc4ccc5c6ccccc6n(-c6cc(C7(C)c8ccccc8-c8ccccc87)ccn6)c5c4)c3)c3ccccc32)c(-c2ccccc2)c1)C(C)(C)C. The molecule has 5 heteroatoms. The van der Waals surface area contributed by atoms with Crippen LogP contribution in [0.1, 0.15) is 52.7 Å². The number of ether oxygens (including phenoxy) is 1. The molecule has 0 radical (unpaired) electrons. The predicted molar refractivity (Wildman–Crippen MR) is 299 cm³/mol. The first-order chi connectivity index (χ1) is 36.0. The molecule has 0 saturated heterocycles. The number of fused-ring (bicyclic) bond motifs is 7. The van der Waals surface area contributed by atoms with Gasteiger partial charge in [0.1, 0.15) is 24.0 Å². The fourth-order valence-electron chi connectivity index (χ4n) is 11.5. The Morgan fingerprint density at radius 2 is 1.11 bits per heavy atom. The third-order valence-corrected chi connectivity index (χ3v) is 14.6. The van der Waals surface area contributed by atoms with Gasteiger partial charge in [0.05, 0.1) is 28.1 Å². The predicted octanol–water partition coefficient (Wildman–Crippen LogP) is 17.5. The minimum atomic E-state index is -1.62. The summed E-state index contributed by atoms with van der Waals surface area (Å²) < 4.78 is 28.2. The summed E-state index contributed by atoms with van der Waals surface area (Å²) in [5.74, 6) is 2.29. The molecule has 5 nitrogen and oxygen atoms in total. The second-order valence-electron chi connectivity index (χ2n) is 20.3. The summed E-state index contributed by atoms with van der Waals surface area (Å²) in [5.41, 5.74) is 16.2. The standard InChI is InChI=1S/C67H54N4O/c1-66(2,3)43-45-38-56(46-20-7-5-8-21-46)65(57(39-45)47-22-9-6-10-23-47)70-44-69(61-32-17-18-33-62(61)70)49-24-19-25-50(41-49)72-51-34-35-55-54-28-13-16-31-60(54)71(63(55)42-51)64-40-48(36-37-68-64)67(4)58-29-14-11-26-52(58)53-27-12-15-30-59(53)67/h5-42H,43-44H2,1-4H3/i43D2. The third kappa shape index (κ3) is 7.26. The van der Waals surface area contributed by atoms with Crippen molar-refractivity contribution in [3.8, 4) is 50.7 Å². The van der Waals surface area contributed by atoms with Crippen molar-refractivity contribution >= 4 is 44.6 Å². The number of nitrogens with zero attached hydrogens (tertiary/aromatic N) is 4. The van der Waals surface area contributed by atoms with Gasteiger partial charge in [0.25, 0.3) is 0 Å². The van der Waals surface area contributed by atoms with Gasteiger partial charge in [-0.05, 0) is 130 Å². The zero-order valence-corrected chi connectivity index (χ0v) is 40.8. The number of aromatic nitrogens is 2. The highest BCUT2D eigenvalue weighted by atomic mass is 16.5. The molecule has 2 aromatic heterocycles. The minimum Gasteiger partial charge on any atom is -0.457 e. The van der Waals surface area contributed by atoms with Gasteiger partial charge < -0.3 is 14.5 Å². The van der Waals surface area contributed by atoms with Gasteiger partial charge in [-0.2, -0.15) is 0 Å². The zero-order valence-electron chi connectivity index (χ0n) is 42.8. The van der Waals surface area contributed by atoms with Crippen LogP contribution >= 0.6 is 0 Å². The lowest BCUT2D eigenvalue weighted by Crippen LogP contribution is -2.25. The second kappa shape index (κ2) is 17.0. The molecule has 0 spiro atoms. The van der Waals surface area contributed by atoms with Gasteiger partial charge in [0.2, 0.25) is 0 Å². The summed E-state index contributed by atoms with van der Waals surface area (Å²) >= 11 is 0. The molecule has 0 saturated carbocycles. The largest absolute Gasteiger partial charge is 0.457 e. The summed E-state index contributed by atoms with van der Waals surface area (Å²) in [7, 11) is 0. The second-order valence-corrected chi connectivity index (χ2v) is 20.3. The van der Waals surface area contributed by atoms with E-state index in [1.807, 2.05) is 45.2 Å². The molecular formula is C67H54N4O. The summed E-state index contributed by atoms with van der Waals surface area (Å²) in [6.07, 6.45) is 0.335. The molecule has 0 N–H and O–H groups in total. The molecule has 3 heterocycles. The van der Waals surface area contributed by atoms with Crippen LogP contribution in [0.15, 0.2) is 231 Å². The van der Waals surface area contributed by atoms with Crippen LogP contribution in [-0.4, -0.2) is 16.2 Å². The normalized spacial score (nSPS) is 14.2. The average molecular weight is 933 g/mol. The lowest BCUT2D eigenvalue weighted by Gasteiger charge is -2.29. The maximum absolute atomic E-state index is 9.51. The maximum atomic E-state index is 9.51. The fraction of sp³-hybridized carbons (Fsp3) is 0.119. The van der Waals surface area contributed by atoms with Crippen LogP contribution < -0.4 is 14.5 Å². The van der Waals surface area contributed by atoms with E-state index in [0.717, 1.165) is 84.1 Å². The Morgan fingerprint density at radius 3 is 1.79 bits per heavy atom. The Labute approximate surface area is 424 Å². The number of hydrogen-bond acceptors (Lipinski definition) is 4. The molecular weight excluding hydrogens is 877 g/mol. The van der Waals surface area contributed by atoms with E-state index in [1.54, 1.807) is 0 Å². The molecule has 348 valence electrons. The first kappa shape index (κ1) is 41.1. The van der Waals surface area contributed by atoms with Crippen molar-refractivity contribution in [3.05, 3.63) is 253 Å². The average Bonchev–Trinajstić information content (AvgIpc) is 4.08. The van der Waals surface area contributed by atoms with Gasteiger partial charge in [-0.3, -0.25) is 4.57 Å². The fourth-order valence-corrected chi connectivity index (χ4v) is 11.5. The molecule has 0 amide bonds. The van der Waals surface area contributed by atoms with Gasteiger partial charge >= 0.3 is 0 Å². The number of hydrogen-bond donors (Lipinski definition) is 0. The Kier molecular flexibility index (Phi) is 9.73. The van der Waals surface area contributed by atoms with E-state index in [-0.39, 0.29) is 5.41 Å². The van der Waals surface area contributed by atoms with Crippen LogP contribution in [0.25, 0.3) is 61.0 Å². The maximum Gasteiger partial charge on any atom is 0.137 e.